The van der Waals surface area contributed by atoms with Crippen LogP contribution >= 0.6 is 0 Å². The second-order valence-electron chi connectivity index (χ2n) is 6.84. The Morgan fingerprint density at radius 3 is 1.75 bits per heavy atom. The Hall–Kier alpha value is -0.416. The van der Waals surface area contributed by atoms with Crippen molar-refractivity contribution in [2.75, 3.05) is 0 Å². The average Bonchev–Trinajstić information content (AvgIpc) is 2.12. The highest BCUT2D eigenvalue weighted by atomic mass is 28.4. The molecule has 0 spiro atoms. The molecule has 0 amide bonds. The van der Waals surface area contributed by atoms with E-state index in [1.807, 2.05) is 12.4 Å². The van der Waals surface area contributed by atoms with Crippen LogP contribution in [0.25, 0.3) is 0 Å². The molecule has 0 atom stereocenters. The van der Waals surface area contributed by atoms with Crippen molar-refractivity contribution < 1.29 is 0 Å². The van der Waals surface area contributed by atoms with E-state index in [4.69, 9.17) is 0 Å². The van der Waals surface area contributed by atoms with Gasteiger partial charge in [0, 0.05) is 28.5 Å². The molecule has 0 aliphatic heterocycles. The van der Waals surface area contributed by atoms with Gasteiger partial charge in [0.15, 0.2) is 0 Å². The zero-order valence-corrected chi connectivity index (χ0v) is 13.5. The van der Waals surface area contributed by atoms with E-state index in [9.17, 15) is 0 Å². The number of pyridine rings is 1. The molecule has 16 heavy (non-hydrogen) atoms. The van der Waals surface area contributed by atoms with Crippen molar-refractivity contribution >= 4 is 16.1 Å². The number of hydrogen-bond acceptors (Lipinski definition) is 1. The summed E-state index contributed by atoms with van der Waals surface area (Å²) in [4.78, 5) is 4.10. The maximum atomic E-state index is 4.10. The number of aromatic nitrogens is 1. The van der Waals surface area contributed by atoms with Crippen LogP contribution in [0.3, 0.4) is 0 Å². The fraction of sp³-hybridized carbons (Fsp3) is 0.615. The van der Waals surface area contributed by atoms with Crippen molar-refractivity contribution in [1.29, 1.82) is 0 Å². The Balaban J connectivity index is 2.89. The fourth-order valence-corrected chi connectivity index (χ4v) is 14.8. The molecule has 0 radical (unpaired) electrons. The second-order valence-corrected chi connectivity index (χ2v) is 18.3. The van der Waals surface area contributed by atoms with Crippen molar-refractivity contribution in [1.82, 2.24) is 4.98 Å². The molecule has 0 aliphatic rings. The van der Waals surface area contributed by atoms with Gasteiger partial charge in [-0.05, 0) is 29.3 Å². The van der Waals surface area contributed by atoms with E-state index >= 15 is 0 Å². The van der Waals surface area contributed by atoms with Gasteiger partial charge in [0.05, 0.1) is 0 Å². The molecule has 3 heteroatoms. The summed E-state index contributed by atoms with van der Waals surface area (Å²) in [6.45, 7) is 15.1. The lowest BCUT2D eigenvalue weighted by Crippen LogP contribution is -2.44. The SMILES string of the molecule is C[Si](C)(C)C(Cc1ccncc1)[Si](C)(C)C. The van der Waals surface area contributed by atoms with Crippen LogP contribution in [0.5, 0.6) is 0 Å². The molecular formula is C13H25NSi2. The molecule has 1 nitrogen and oxygen atoms in total. The first-order valence-corrected chi connectivity index (χ1v) is 13.3. The van der Waals surface area contributed by atoms with Crippen molar-refractivity contribution in [2.24, 2.45) is 0 Å². The molecule has 0 saturated carbocycles. The van der Waals surface area contributed by atoms with Crippen LogP contribution in [-0.4, -0.2) is 21.1 Å². The minimum Gasteiger partial charge on any atom is -0.265 e. The zero-order valence-electron chi connectivity index (χ0n) is 11.5. The summed E-state index contributed by atoms with van der Waals surface area (Å²) in [5.74, 6) is 0. The lowest BCUT2D eigenvalue weighted by atomic mass is 10.2. The lowest BCUT2D eigenvalue weighted by Gasteiger charge is -2.38. The maximum absolute atomic E-state index is 4.10. The van der Waals surface area contributed by atoms with Gasteiger partial charge < -0.3 is 0 Å². The third-order valence-corrected chi connectivity index (χ3v) is 13.1. The normalized spacial score (nSPS) is 13.2. The van der Waals surface area contributed by atoms with Crippen molar-refractivity contribution in [3.8, 4) is 0 Å². The smallest absolute Gasteiger partial charge is 0.0450 e. The molecule has 0 N–H and O–H groups in total. The molecule has 90 valence electrons. The first-order chi connectivity index (χ1) is 7.21. The third-order valence-electron chi connectivity index (χ3n) is 3.28. The Kier molecular flexibility index (Phi) is 4.13. The van der Waals surface area contributed by atoms with Gasteiger partial charge in [0.1, 0.15) is 0 Å². The lowest BCUT2D eigenvalue weighted by molar-refractivity contribution is 0.982. The van der Waals surface area contributed by atoms with Gasteiger partial charge in [-0.25, -0.2) is 0 Å². The van der Waals surface area contributed by atoms with Crippen molar-refractivity contribution in [2.45, 2.75) is 50.9 Å². The molecular weight excluding hydrogens is 226 g/mol. The summed E-state index contributed by atoms with van der Waals surface area (Å²) >= 11 is 0. The van der Waals surface area contributed by atoms with E-state index in [-0.39, 0.29) is 0 Å². The van der Waals surface area contributed by atoms with Gasteiger partial charge in [-0.15, -0.1) is 0 Å². The van der Waals surface area contributed by atoms with Crippen LogP contribution in [-0.2, 0) is 6.42 Å². The molecule has 1 aromatic rings. The van der Waals surface area contributed by atoms with E-state index in [0.717, 1.165) is 5.16 Å². The second kappa shape index (κ2) is 4.84. The van der Waals surface area contributed by atoms with Crippen LogP contribution in [0.15, 0.2) is 24.5 Å². The maximum Gasteiger partial charge on any atom is 0.0450 e. The van der Waals surface area contributed by atoms with Crippen LogP contribution in [0, 0.1) is 0 Å². The Labute approximate surface area is 102 Å². The van der Waals surface area contributed by atoms with Crippen LogP contribution in [0.1, 0.15) is 5.56 Å². The molecule has 1 aromatic heterocycles. The fourth-order valence-electron chi connectivity index (χ4n) is 2.67. The summed E-state index contributed by atoms with van der Waals surface area (Å²) in [5.41, 5.74) is 1.46. The van der Waals surface area contributed by atoms with Crippen LogP contribution in [0.2, 0.25) is 44.4 Å². The van der Waals surface area contributed by atoms with Crippen LogP contribution < -0.4 is 0 Å². The molecule has 0 bridgehead atoms. The highest BCUT2D eigenvalue weighted by Gasteiger charge is 2.37. The number of nitrogens with zero attached hydrogens (tertiary/aromatic N) is 1. The molecule has 1 heterocycles. The van der Waals surface area contributed by atoms with E-state index < -0.39 is 16.1 Å². The molecule has 1 rings (SSSR count). The van der Waals surface area contributed by atoms with Crippen LogP contribution in [0.4, 0.5) is 0 Å². The van der Waals surface area contributed by atoms with Gasteiger partial charge in [0.2, 0.25) is 0 Å². The molecule has 0 saturated heterocycles. The molecule has 0 aliphatic carbocycles. The quantitative estimate of drug-likeness (QED) is 0.731. The summed E-state index contributed by atoms with van der Waals surface area (Å²) in [7, 11) is -2.13. The minimum absolute atomic E-state index is 0.947. The number of rotatable bonds is 4. The zero-order chi connectivity index (χ0) is 12.4. The van der Waals surface area contributed by atoms with E-state index in [2.05, 4.69) is 56.4 Å². The van der Waals surface area contributed by atoms with Gasteiger partial charge in [-0.3, -0.25) is 4.98 Å². The third kappa shape index (κ3) is 3.87. The average molecular weight is 252 g/mol. The van der Waals surface area contributed by atoms with Gasteiger partial charge >= 0.3 is 0 Å². The molecule has 0 fully saturated rings. The van der Waals surface area contributed by atoms with E-state index in [1.54, 1.807) is 0 Å². The van der Waals surface area contributed by atoms with Crippen molar-refractivity contribution in [3.05, 3.63) is 30.1 Å². The summed E-state index contributed by atoms with van der Waals surface area (Å²) < 4.78 is 0. The number of hydrogen-bond donors (Lipinski definition) is 0. The van der Waals surface area contributed by atoms with E-state index in [1.165, 1.54) is 12.0 Å². The standard InChI is InChI=1S/C13H25NSi2/c1-15(2,3)13(16(4,5)6)11-12-7-9-14-10-8-12/h7-10,13H,11H2,1-6H3. The van der Waals surface area contributed by atoms with Gasteiger partial charge in [-0.2, -0.15) is 0 Å². The summed E-state index contributed by atoms with van der Waals surface area (Å²) in [5, 5.41) is 0.947. The summed E-state index contributed by atoms with van der Waals surface area (Å²) in [6, 6.07) is 4.35. The minimum atomic E-state index is -1.06. The Morgan fingerprint density at radius 2 is 1.38 bits per heavy atom. The predicted molar refractivity (Wildman–Crippen MR) is 78.4 cm³/mol. The largest absolute Gasteiger partial charge is 0.265 e. The van der Waals surface area contributed by atoms with Gasteiger partial charge in [0.25, 0.3) is 0 Å². The first kappa shape index (κ1) is 13.6. The van der Waals surface area contributed by atoms with Crippen molar-refractivity contribution in [3.63, 3.8) is 0 Å². The topological polar surface area (TPSA) is 12.9 Å². The highest BCUT2D eigenvalue weighted by Crippen LogP contribution is 2.34. The molecule has 0 unspecified atom stereocenters. The summed E-state index contributed by atoms with van der Waals surface area (Å²) in [6.07, 6.45) is 5.09. The monoisotopic (exact) mass is 251 g/mol. The Bertz CT molecular complexity index is 308. The first-order valence-electron chi connectivity index (χ1n) is 6.10. The highest BCUT2D eigenvalue weighted by molar-refractivity contribution is 6.96. The molecule has 0 aromatic carbocycles. The predicted octanol–water partition coefficient (Wildman–Crippen LogP) is 4.21. The Morgan fingerprint density at radius 1 is 0.938 bits per heavy atom. The van der Waals surface area contributed by atoms with Gasteiger partial charge in [-0.1, -0.05) is 39.3 Å². The van der Waals surface area contributed by atoms with E-state index in [0.29, 0.717) is 0 Å².